The summed E-state index contributed by atoms with van der Waals surface area (Å²) in [4.78, 5) is 33.4. The minimum atomic E-state index is -4.04. The van der Waals surface area contributed by atoms with Crippen molar-refractivity contribution in [2.45, 2.75) is 17.6 Å². The quantitative estimate of drug-likeness (QED) is 0.148. The fraction of sp³-hybridized carbons (Fsp3) is 0.100. The maximum atomic E-state index is 13.1. The molecule has 0 aliphatic heterocycles. The van der Waals surface area contributed by atoms with Gasteiger partial charge in [-0.15, -0.1) is 10.2 Å². The predicted molar refractivity (Wildman–Crippen MR) is 170 cm³/mol. The van der Waals surface area contributed by atoms with Crippen molar-refractivity contribution in [2.75, 3.05) is 17.1 Å². The van der Waals surface area contributed by atoms with Crippen molar-refractivity contribution in [3.63, 3.8) is 0 Å². The molecule has 1 unspecified atom stereocenters. The van der Waals surface area contributed by atoms with Crippen molar-refractivity contribution in [2.24, 2.45) is 0 Å². The zero-order valence-electron chi connectivity index (χ0n) is 25.4. The number of aromatic nitrogens is 9. The molecule has 5 heterocycles. The molecular weight excluding hydrogens is 658 g/mol. The van der Waals surface area contributed by atoms with Crippen LogP contribution in [0.1, 0.15) is 5.56 Å². The average Bonchev–Trinajstić information content (AvgIpc) is 3.65. The Labute approximate surface area is 278 Å². The fourth-order valence-corrected chi connectivity index (χ4v) is 5.19. The number of rotatable bonds is 13. The van der Waals surface area contributed by atoms with E-state index in [9.17, 15) is 13.2 Å². The highest BCUT2D eigenvalue weighted by molar-refractivity contribution is 7.92. The maximum Gasteiger partial charge on any atom is 0.415 e. The van der Waals surface area contributed by atoms with E-state index in [0.29, 0.717) is 22.8 Å². The van der Waals surface area contributed by atoms with E-state index in [-0.39, 0.29) is 40.4 Å². The van der Waals surface area contributed by atoms with E-state index in [1.54, 1.807) is 48.5 Å². The number of aromatic amines is 1. The molecule has 49 heavy (non-hydrogen) atoms. The van der Waals surface area contributed by atoms with Gasteiger partial charge in [-0.3, -0.25) is 15.0 Å². The van der Waals surface area contributed by atoms with Crippen LogP contribution in [0, 0.1) is 0 Å². The SMILES string of the molecule is COc1ccccc1Oc1cnc(-c2nn[nH]n2)cc1CC(OC(=O)Nc1ccccn1)Oc1cc(NS(=O)(=O)c2cccnc2)ncn1. The molecule has 3 N–H and O–H groups in total. The van der Waals surface area contributed by atoms with Crippen LogP contribution in [0.25, 0.3) is 11.5 Å². The molecular formula is C30H25N11O7S. The van der Waals surface area contributed by atoms with Crippen LogP contribution in [-0.4, -0.2) is 73.5 Å². The highest BCUT2D eigenvalue weighted by Gasteiger charge is 2.24. The number of ether oxygens (including phenoxy) is 4. The van der Waals surface area contributed by atoms with Crippen LogP contribution in [-0.2, 0) is 21.2 Å². The Balaban J connectivity index is 1.32. The van der Waals surface area contributed by atoms with Crippen molar-refractivity contribution in [3.05, 3.63) is 103 Å². The molecule has 6 aromatic rings. The van der Waals surface area contributed by atoms with Gasteiger partial charge in [-0.2, -0.15) is 5.21 Å². The van der Waals surface area contributed by atoms with Crippen molar-refractivity contribution in [3.8, 4) is 34.6 Å². The number of para-hydroxylation sites is 2. The van der Waals surface area contributed by atoms with E-state index >= 15 is 0 Å². The van der Waals surface area contributed by atoms with Crippen LogP contribution in [0.5, 0.6) is 23.1 Å². The van der Waals surface area contributed by atoms with Crippen LogP contribution in [0.15, 0.2) is 103 Å². The van der Waals surface area contributed by atoms with Gasteiger partial charge in [-0.05, 0) is 47.7 Å². The van der Waals surface area contributed by atoms with Crippen LogP contribution in [0.3, 0.4) is 0 Å². The number of carbonyl (C=O) groups excluding carboxylic acids is 1. The Morgan fingerprint density at radius 3 is 2.51 bits per heavy atom. The molecule has 1 aromatic carbocycles. The highest BCUT2D eigenvalue weighted by Crippen LogP contribution is 2.34. The minimum Gasteiger partial charge on any atom is -0.493 e. The van der Waals surface area contributed by atoms with E-state index < -0.39 is 22.4 Å². The van der Waals surface area contributed by atoms with Crippen LogP contribution < -0.4 is 24.2 Å². The van der Waals surface area contributed by atoms with E-state index in [2.05, 4.69) is 55.6 Å². The van der Waals surface area contributed by atoms with Crippen LogP contribution >= 0.6 is 0 Å². The number of carbonyl (C=O) groups is 1. The molecule has 0 aliphatic rings. The first-order valence-electron chi connectivity index (χ1n) is 14.2. The van der Waals surface area contributed by atoms with Gasteiger partial charge < -0.3 is 18.9 Å². The zero-order chi connectivity index (χ0) is 34.1. The third-order valence-electron chi connectivity index (χ3n) is 6.41. The fourth-order valence-electron chi connectivity index (χ4n) is 4.22. The lowest BCUT2D eigenvalue weighted by Crippen LogP contribution is -2.30. The smallest absolute Gasteiger partial charge is 0.415 e. The molecule has 0 aliphatic carbocycles. The number of sulfonamides is 1. The molecule has 0 saturated carbocycles. The highest BCUT2D eigenvalue weighted by atomic mass is 32.2. The number of pyridine rings is 3. The normalized spacial score (nSPS) is 11.6. The second kappa shape index (κ2) is 14.8. The summed E-state index contributed by atoms with van der Waals surface area (Å²) in [6.45, 7) is 0. The summed E-state index contributed by atoms with van der Waals surface area (Å²) in [6, 6.07) is 17.6. The maximum absolute atomic E-state index is 13.1. The number of methoxy groups -OCH3 is 1. The third-order valence-corrected chi connectivity index (χ3v) is 7.75. The molecule has 0 saturated heterocycles. The topological polar surface area (TPSA) is 231 Å². The number of hydrogen-bond donors (Lipinski definition) is 3. The molecule has 19 heteroatoms. The molecule has 248 valence electrons. The summed E-state index contributed by atoms with van der Waals surface area (Å²) in [6.07, 6.45) is 4.21. The summed E-state index contributed by atoms with van der Waals surface area (Å²) in [5.41, 5.74) is 0.754. The van der Waals surface area contributed by atoms with Crippen molar-refractivity contribution < 1.29 is 32.2 Å². The second-order valence-electron chi connectivity index (χ2n) is 9.70. The molecule has 5 aromatic heterocycles. The van der Waals surface area contributed by atoms with E-state index in [0.717, 1.165) is 6.33 Å². The lowest BCUT2D eigenvalue weighted by Gasteiger charge is -2.21. The Morgan fingerprint density at radius 1 is 0.898 bits per heavy atom. The molecule has 1 atom stereocenters. The molecule has 0 radical (unpaired) electrons. The van der Waals surface area contributed by atoms with Crippen molar-refractivity contribution in [1.82, 2.24) is 45.5 Å². The lowest BCUT2D eigenvalue weighted by molar-refractivity contribution is -0.0284. The number of tetrazole rings is 1. The van der Waals surface area contributed by atoms with Gasteiger partial charge in [0.05, 0.1) is 19.7 Å². The van der Waals surface area contributed by atoms with Crippen LogP contribution in [0.4, 0.5) is 16.4 Å². The number of anilines is 2. The monoisotopic (exact) mass is 683 g/mol. The van der Waals surface area contributed by atoms with Gasteiger partial charge in [0.1, 0.15) is 34.3 Å². The standard InChI is InChI=1S/C30H25N11O7S/c1-45-22-8-2-3-9-23(22)46-24-17-33-21(29-37-40-41-38-29)13-19(24)14-28(48-30(42)36-25-10-4-5-12-32-25)47-27-15-26(34-18-35-27)39-49(43,44)20-7-6-11-31-16-20/h2-13,15-18,28H,14H2,1H3,(H,32,36,42)(H,34,35,39)(H,37,38,40,41). The third kappa shape index (κ3) is 8.34. The van der Waals surface area contributed by atoms with Gasteiger partial charge in [-0.25, -0.2) is 33.1 Å². The second-order valence-corrected chi connectivity index (χ2v) is 11.4. The summed E-state index contributed by atoms with van der Waals surface area (Å²) >= 11 is 0. The van der Waals surface area contributed by atoms with Gasteiger partial charge >= 0.3 is 6.09 Å². The van der Waals surface area contributed by atoms with E-state index in [1.165, 1.54) is 50.1 Å². The Kier molecular flexibility index (Phi) is 9.70. The first-order valence-corrected chi connectivity index (χ1v) is 15.7. The Bertz CT molecular complexity index is 2130. The number of H-pyrrole nitrogens is 1. The predicted octanol–water partition coefficient (Wildman–Crippen LogP) is 3.64. The first-order chi connectivity index (χ1) is 23.9. The summed E-state index contributed by atoms with van der Waals surface area (Å²) in [7, 11) is -2.54. The summed E-state index contributed by atoms with van der Waals surface area (Å²) in [5.74, 6) is 1.27. The number of hydrogen-bond acceptors (Lipinski definition) is 15. The average molecular weight is 684 g/mol. The largest absolute Gasteiger partial charge is 0.493 e. The minimum absolute atomic E-state index is 0.0823. The molecule has 6 rings (SSSR count). The first kappa shape index (κ1) is 32.2. The van der Waals surface area contributed by atoms with E-state index in [1.807, 2.05) is 0 Å². The molecule has 18 nitrogen and oxygen atoms in total. The number of nitrogens with zero attached hydrogens (tertiary/aromatic N) is 8. The van der Waals surface area contributed by atoms with Gasteiger partial charge in [-0.1, -0.05) is 18.2 Å². The lowest BCUT2D eigenvalue weighted by atomic mass is 10.1. The molecule has 0 spiro atoms. The van der Waals surface area contributed by atoms with E-state index in [4.69, 9.17) is 18.9 Å². The van der Waals surface area contributed by atoms with Gasteiger partial charge in [0.2, 0.25) is 11.7 Å². The van der Waals surface area contributed by atoms with Gasteiger partial charge in [0.15, 0.2) is 11.5 Å². The number of nitrogens with one attached hydrogen (secondary N) is 3. The summed E-state index contributed by atoms with van der Waals surface area (Å²) in [5, 5.41) is 16.5. The molecule has 0 fully saturated rings. The van der Waals surface area contributed by atoms with Crippen LogP contribution in [0.2, 0.25) is 0 Å². The number of benzene rings is 1. The zero-order valence-corrected chi connectivity index (χ0v) is 26.2. The van der Waals surface area contributed by atoms with Crippen molar-refractivity contribution in [1.29, 1.82) is 0 Å². The summed E-state index contributed by atoms with van der Waals surface area (Å²) < 4.78 is 51.4. The van der Waals surface area contributed by atoms with Gasteiger partial charge in [0, 0.05) is 30.2 Å². The van der Waals surface area contributed by atoms with Gasteiger partial charge in [0.25, 0.3) is 16.3 Å². The Hall–Kier alpha value is -6.76. The Morgan fingerprint density at radius 2 is 1.76 bits per heavy atom. The van der Waals surface area contributed by atoms with Crippen molar-refractivity contribution >= 4 is 27.8 Å². The molecule has 0 bridgehead atoms. The number of amides is 1. The molecule has 1 amide bonds.